The molecule has 0 spiro atoms. The molecule has 0 atom stereocenters. The maximum atomic E-state index is 5.36. The van der Waals surface area contributed by atoms with Crippen LogP contribution in [0.15, 0.2) is 6.08 Å². The maximum absolute atomic E-state index is 5.36. The average Bonchev–Trinajstić information content (AvgIpc) is 2.32. The summed E-state index contributed by atoms with van der Waals surface area (Å²) in [7, 11) is 0. The van der Waals surface area contributed by atoms with E-state index < -0.39 is 0 Å². The first kappa shape index (κ1) is 9.42. The van der Waals surface area contributed by atoms with Crippen LogP contribution in [0.1, 0.15) is 22.0 Å². The van der Waals surface area contributed by atoms with E-state index in [0.717, 1.165) is 17.1 Å². The number of aryl methyl sites for hydroxylation is 2. The number of thiazole rings is 1. The second-order valence-electron chi connectivity index (χ2n) is 2.67. The zero-order valence-electron chi connectivity index (χ0n) is 7.50. The third-order valence-electron chi connectivity index (χ3n) is 1.64. The van der Waals surface area contributed by atoms with Crippen LogP contribution in [-0.2, 0) is 0 Å². The zero-order chi connectivity index (χ0) is 8.97. The van der Waals surface area contributed by atoms with E-state index in [1.54, 1.807) is 11.3 Å². The Morgan fingerprint density at radius 1 is 1.50 bits per heavy atom. The minimum atomic E-state index is 0.708. The number of aromatic nitrogens is 1. The lowest BCUT2D eigenvalue weighted by molar-refractivity contribution is 1.01. The number of nitrogens with zero attached hydrogens (tertiary/aromatic N) is 1. The minimum absolute atomic E-state index is 0.708. The molecule has 0 aromatic carbocycles. The third kappa shape index (κ3) is 2.43. The van der Waals surface area contributed by atoms with Crippen LogP contribution in [0.3, 0.4) is 0 Å². The summed E-state index contributed by atoms with van der Waals surface area (Å²) in [6.07, 6.45) is 5.03. The second kappa shape index (κ2) is 4.38. The topological polar surface area (TPSA) is 38.9 Å². The van der Waals surface area contributed by atoms with Crippen molar-refractivity contribution in [1.29, 1.82) is 0 Å². The van der Waals surface area contributed by atoms with Gasteiger partial charge in [0.2, 0.25) is 0 Å². The molecule has 0 fully saturated rings. The lowest BCUT2D eigenvalue weighted by Gasteiger charge is -1.83. The first-order valence-corrected chi connectivity index (χ1v) is 4.86. The van der Waals surface area contributed by atoms with Crippen molar-refractivity contribution in [3.8, 4) is 0 Å². The Hall–Kier alpha value is -0.670. The maximum Gasteiger partial charge on any atom is 0.116 e. The molecule has 1 aromatic rings. The van der Waals surface area contributed by atoms with E-state index in [0.29, 0.717) is 6.54 Å². The van der Waals surface area contributed by atoms with Gasteiger partial charge in [0.05, 0.1) is 5.69 Å². The number of hydrogen-bond acceptors (Lipinski definition) is 3. The average molecular weight is 182 g/mol. The Labute approximate surface area is 77.1 Å². The van der Waals surface area contributed by atoms with E-state index in [1.807, 2.05) is 13.0 Å². The molecule has 1 aromatic heterocycles. The summed E-state index contributed by atoms with van der Waals surface area (Å²) < 4.78 is 0. The minimum Gasteiger partial charge on any atom is -0.330 e. The molecule has 0 amide bonds. The fourth-order valence-corrected chi connectivity index (χ4v) is 1.70. The van der Waals surface area contributed by atoms with Crippen LogP contribution in [0.5, 0.6) is 0 Å². The summed E-state index contributed by atoms with van der Waals surface area (Å²) in [4.78, 5) is 5.67. The highest BCUT2D eigenvalue weighted by Gasteiger charge is 1.98. The Balaban J connectivity index is 2.64. The normalized spacial score (nSPS) is 11.2. The van der Waals surface area contributed by atoms with Crippen molar-refractivity contribution in [3.63, 3.8) is 0 Å². The van der Waals surface area contributed by atoms with Crippen LogP contribution in [0.25, 0.3) is 6.08 Å². The summed E-state index contributed by atoms with van der Waals surface area (Å²) >= 11 is 1.73. The fraction of sp³-hybridized carbons (Fsp3) is 0.444. The first-order chi connectivity index (χ1) is 5.74. The Kier molecular flexibility index (Phi) is 3.44. The van der Waals surface area contributed by atoms with Gasteiger partial charge in [-0.3, -0.25) is 0 Å². The predicted molar refractivity (Wildman–Crippen MR) is 54.3 cm³/mol. The SMILES string of the molecule is Cc1nc(C=CCCN)sc1C. The van der Waals surface area contributed by atoms with Crippen molar-refractivity contribution < 1.29 is 0 Å². The van der Waals surface area contributed by atoms with Gasteiger partial charge in [-0.2, -0.15) is 0 Å². The molecule has 0 aliphatic carbocycles. The van der Waals surface area contributed by atoms with Crippen molar-refractivity contribution in [2.24, 2.45) is 5.73 Å². The van der Waals surface area contributed by atoms with E-state index in [1.165, 1.54) is 4.88 Å². The van der Waals surface area contributed by atoms with Crippen LogP contribution >= 0.6 is 11.3 Å². The van der Waals surface area contributed by atoms with Gasteiger partial charge in [0.25, 0.3) is 0 Å². The van der Waals surface area contributed by atoms with Gasteiger partial charge < -0.3 is 5.73 Å². The van der Waals surface area contributed by atoms with E-state index in [2.05, 4.69) is 18.0 Å². The quantitative estimate of drug-likeness (QED) is 0.777. The van der Waals surface area contributed by atoms with Crippen LogP contribution in [0.4, 0.5) is 0 Å². The molecule has 2 N–H and O–H groups in total. The molecule has 0 bridgehead atoms. The largest absolute Gasteiger partial charge is 0.330 e. The molecule has 0 aliphatic heterocycles. The summed E-state index contributed by atoms with van der Waals surface area (Å²) in [5.41, 5.74) is 6.49. The highest BCUT2D eigenvalue weighted by Crippen LogP contribution is 2.17. The summed E-state index contributed by atoms with van der Waals surface area (Å²) in [5.74, 6) is 0. The van der Waals surface area contributed by atoms with Crippen LogP contribution in [0, 0.1) is 13.8 Å². The molecule has 3 heteroatoms. The van der Waals surface area contributed by atoms with Crippen LogP contribution < -0.4 is 5.73 Å². The van der Waals surface area contributed by atoms with Gasteiger partial charge in [0.15, 0.2) is 0 Å². The molecule has 0 unspecified atom stereocenters. The Bertz CT molecular complexity index is 257. The Morgan fingerprint density at radius 3 is 2.75 bits per heavy atom. The summed E-state index contributed by atoms with van der Waals surface area (Å²) in [6, 6.07) is 0. The molecule has 66 valence electrons. The van der Waals surface area contributed by atoms with Gasteiger partial charge in [-0.1, -0.05) is 6.08 Å². The zero-order valence-corrected chi connectivity index (χ0v) is 8.32. The van der Waals surface area contributed by atoms with Crippen molar-refractivity contribution in [1.82, 2.24) is 4.98 Å². The predicted octanol–water partition coefficient (Wildman–Crippen LogP) is 2.12. The lowest BCUT2D eigenvalue weighted by Crippen LogP contribution is -1.94. The molecule has 1 rings (SSSR count). The lowest BCUT2D eigenvalue weighted by atomic mass is 10.4. The van der Waals surface area contributed by atoms with Gasteiger partial charge in [-0.25, -0.2) is 4.98 Å². The van der Waals surface area contributed by atoms with Gasteiger partial charge in [0.1, 0.15) is 5.01 Å². The number of nitrogens with two attached hydrogens (primary N) is 1. The third-order valence-corrected chi connectivity index (χ3v) is 2.68. The van der Waals surface area contributed by atoms with Crippen LogP contribution in [0.2, 0.25) is 0 Å². The van der Waals surface area contributed by atoms with Crippen molar-refractivity contribution in [2.75, 3.05) is 6.54 Å². The van der Waals surface area contributed by atoms with Gasteiger partial charge in [-0.05, 0) is 32.9 Å². The molecule has 0 saturated heterocycles. The van der Waals surface area contributed by atoms with E-state index >= 15 is 0 Å². The van der Waals surface area contributed by atoms with Crippen molar-refractivity contribution in [3.05, 3.63) is 21.7 Å². The molecular formula is C9H14N2S. The molecule has 0 saturated carbocycles. The molecule has 2 nitrogen and oxygen atoms in total. The van der Waals surface area contributed by atoms with Gasteiger partial charge >= 0.3 is 0 Å². The van der Waals surface area contributed by atoms with E-state index in [9.17, 15) is 0 Å². The van der Waals surface area contributed by atoms with Gasteiger partial charge in [0, 0.05) is 4.88 Å². The highest BCUT2D eigenvalue weighted by molar-refractivity contribution is 7.12. The van der Waals surface area contributed by atoms with Gasteiger partial charge in [-0.15, -0.1) is 11.3 Å². The molecule has 0 radical (unpaired) electrons. The first-order valence-electron chi connectivity index (χ1n) is 4.04. The molecular weight excluding hydrogens is 168 g/mol. The monoisotopic (exact) mass is 182 g/mol. The molecule has 0 aliphatic rings. The van der Waals surface area contributed by atoms with Crippen molar-refractivity contribution in [2.45, 2.75) is 20.3 Å². The summed E-state index contributed by atoms with van der Waals surface area (Å²) in [5, 5.41) is 1.08. The standard InChI is InChI=1S/C9H14N2S/c1-7-8(2)12-9(11-7)5-3-4-6-10/h3,5H,4,6,10H2,1-2H3. The highest BCUT2D eigenvalue weighted by atomic mass is 32.1. The number of hydrogen-bond donors (Lipinski definition) is 1. The summed E-state index contributed by atoms with van der Waals surface area (Å²) in [6.45, 7) is 4.83. The van der Waals surface area contributed by atoms with E-state index in [4.69, 9.17) is 5.73 Å². The number of rotatable bonds is 3. The second-order valence-corrected chi connectivity index (χ2v) is 3.91. The van der Waals surface area contributed by atoms with Crippen LogP contribution in [-0.4, -0.2) is 11.5 Å². The fourth-order valence-electron chi connectivity index (χ4n) is 0.849. The van der Waals surface area contributed by atoms with Crippen molar-refractivity contribution >= 4 is 17.4 Å². The molecule has 1 heterocycles. The smallest absolute Gasteiger partial charge is 0.116 e. The van der Waals surface area contributed by atoms with E-state index in [-0.39, 0.29) is 0 Å². The molecule has 12 heavy (non-hydrogen) atoms. The Morgan fingerprint density at radius 2 is 2.25 bits per heavy atom.